The molecule has 24 heavy (non-hydrogen) atoms. The van der Waals surface area contributed by atoms with Crippen molar-refractivity contribution >= 4 is 23.3 Å². The van der Waals surface area contributed by atoms with E-state index in [-0.39, 0.29) is 5.91 Å². The smallest absolute Gasteiger partial charge is 0.312 e. The fraction of sp³-hybridized carbons (Fsp3) is 0.222. The summed E-state index contributed by atoms with van der Waals surface area (Å²) in [5.74, 6) is -0.179. The molecule has 0 aliphatic carbocycles. The van der Waals surface area contributed by atoms with Gasteiger partial charge in [0.15, 0.2) is 0 Å². The number of hydrogen-bond acceptors (Lipinski definition) is 3. The number of nitrogens with zero attached hydrogens (tertiary/aromatic N) is 1. The third-order valence-corrected chi connectivity index (χ3v) is 3.72. The summed E-state index contributed by atoms with van der Waals surface area (Å²) in [5, 5.41) is 5.45. The maximum Gasteiger partial charge on any atom is 0.312 e. The Morgan fingerprint density at radius 2 is 1.75 bits per heavy atom. The van der Waals surface area contributed by atoms with E-state index in [2.05, 4.69) is 22.5 Å². The maximum absolute atomic E-state index is 12.4. The molecule has 0 heterocycles. The molecule has 0 unspecified atom stereocenters. The van der Waals surface area contributed by atoms with Gasteiger partial charge in [-0.3, -0.25) is 4.79 Å². The summed E-state index contributed by atoms with van der Waals surface area (Å²) in [7, 11) is 1.98. The molecule has 6 nitrogen and oxygen atoms in total. The highest BCUT2D eigenvalue weighted by molar-refractivity contribution is 6.05. The van der Waals surface area contributed by atoms with E-state index in [0.29, 0.717) is 12.1 Å². The van der Waals surface area contributed by atoms with Crippen molar-refractivity contribution in [3.63, 3.8) is 0 Å². The van der Waals surface area contributed by atoms with Gasteiger partial charge in [-0.25, -0.2) is 4.79 Å². The number of urea groups is 1. The van der Waals surface area contributed by atoms with Crippen LogP contribution in [0, 0.1) is 0 Å². The summed E-state index contributed by atoms with van der Waals surface area (Å²) in [5.41, 5.74) is 8.19. The van der Waals surface area contributed by atoms with Crippen LogP contribution < -0.4 is 21.3 Å². The molecule has 6 heteroatoms. The van der Waals surface area contributed by atoms with Crippen molar-refractivity contribution in [1.29, 1.82) is 0 Å². The summed E-state index contributed by atoms with van der Waals surface area (Å²) < 4.78 is 0. The third-order valence-electron chi connectivity index (χ3n) is 3.72. The van der Waals surface area contributed by atoms with Crippen molar-refractivity contribution < 1.29 is 9.59 Å². The lowest BCUT2D eigenvalue weighted by molar-refractivity contribution is 0.102. The quantitative estimate of drug-likeness (QED) is 0.762. The Kier molecular flexibility index (Phi) is 5.78. The average Bonchev–Trinajstić information content (AvgIpc) is 2.60. The fourth-order valence-corrected chi connectivity index (χ4v) is 2.24. The molecule has 4 N–H and O–H groups in total. The van der Waals surface area contributed by atoms with Crippen LogP contribution in [0.15, 0.2) is 48.5 Å². The number of nitrogens with two attached hydrogens (primary N) is 1. The monoisotopic (exact) mass is 326 g/mol. The van der Waals surface area contributed by atoms with Gasteiger partial charge in [-0.05, 0) is 36.8 Å². The molecular formula is C18H22N4O2. The van der Waals surface area contributed by atoms with Crippen LogP contribution in [0.2, 0.25) is 0 Å². The molecule has 2 aromatic rings. The Balaban J connectivity index is 2.09. The first kappa shape index (κ1) is 17.3. The van der Waals surface area contributed by atoms with Crippen LogP contribution in [0.3, 0.4) is 0 Å². The minimum absolute atomic E-state index is 0.179. The van der Waals surface area contributed by atoms with E-state index in [4.69, 9.17) is 5.73 Å². The second-order valence-corrected chi connectivity index (χ2v) is 5.40. The number of carbonyl (C=O) groups excluding carboxylic acids is 2. The molecule has 0 fully saturated rings. The lowest BCUT2D eigenvalue weighted by atomic mass is 10.1. The van der Waals surface area contributed by atoms with Gasteiger partial charge in [0.05, 0.1) is 11.4 Å². The molecule has 0 atom stereocenters. The minimum Gasteiger partial charge on any atom is -0.373 e. The lowest BCUT2D eigenvalue weighted by Gasteiger charge is -2.20. The summed E-state index contributed by atoms with van der Waals surface area (Å²) in [6.07, 6.45) is 0. The highest BCUT2D eigenvalue weighted by Crippen LogP contribution is 2.24. The van der Waals surface area contributed by atoms with E-state index in [0.717, 1.165) is 23.5 Å². The van der Waals surface area contributed by atoms with Gasteiger partial charge in [0, 0.05) is 25.7 Å². The van der Waals surface area contributed by atoms with Gasteiger partial charge in [0.1, 0.15) is 0 Å². The molecular weight excluding hydrogens is 304 g/mol. The zero-order chi connectivity index (χ0) is 17.5. The van der Waals surface area contributed by atoms with Gasteiger partial charge < -0.3 is 21.3 Å². The standard InChI is InChI=1S/C18H22N4O2/c1-3-22(2)16-7-5-4-6-15(16)21-17(23)14-10-8-13(9-11-14)12-20-18(19)24/h4-11H,3,12H2,1-2H3,(H,21,23)(H3,19,20,24). The van der Waals surface area contributed by atoms with Crippen molar-refractivity contribution in [1.82, 2.24) is 5.32 Å². The molecule has 3 amide bonds. The van der Waals surface area contributed by atoms with Crippen molar-refractivity contribution in [2.75, 3.05) is 23.8 Å². The van der Waals surface area contributed by atoms with Crippen LogP contribution in [0.5, 0.6) is 0 Å². The van der Waals surface area contributed by atoms with Gasteiger partial charge in [-0.15, -0.1) is 0 Å². The number of amides is 3. The predicted molar refractivity (Wildman–Crippen MR) is 96.2 cm³/mol. The highest BCUT2D eigenvalue weighted by atomic mass is 16.2. The summed E-state index contributed by atoms with van der Waals surface area (Å²) in [6, 6.07) is 14.1. The fourth-order valence-electron chi connectivity index (χ4n) is 2.24. The SMILES string of the molecule is CCN(C)c1ccccc1NC(=O)c1ccc(CNC(N)=O)cc1. The Labute approximate surface area is 141 Å². The van der Waals surface area contributed by atoms with Gasteiger partial charge in [0.25, 0.3) is 5.91 Å². The number of anilines is 2. The number of hydrogen-bond donors (Lipinski definition) is 3. The Morgan fingerprint density at radius 3 is 2.38 bits per heavy atom. The van der Waals surface area contributed by atoms with E-state index >= 15 is 0 Å². The molecule has 0 spiro atoms. The van der Waals surface area contributed by atoms with Crippen molar-refractivity contribution in [2.24, 2.45) is 5.73 Å². The first-order valence-electron chi connectivity index (χ1n) is 7.75. The molecule has 0 aromatic heterocycles. The summed E-state index contributed by atoms with van der Waals surface area (Å²) >= 11 is 0. The molecule has 0 radical (unpaired) electrons. The largest absolute Gasteiger partial charge is 0.373 e. The average molecular weight is 326 g/mol. The molecule has 0 aliphatic rings. The van der Waals surface area contributed by atoms with Crippen LogP contribution in [-0.4, -0.2) is 25.5 Å². The lowest BCUT2D eigenvalue weighted by Crippen LogP contribution is -2.28. The second kappa shape index (κ2) is 8.01. The van der Waals surface area contributed by atoms with Gasteiger partial charge >= 0.3 is 6.03 Å². The first-order chi connectivity index (χ1) is 11.5. The van der Waals surface area contributed by atoms with Crippen LogP contribution in [0.1, 0.15) is 22.8 Å². The van der Waals surface area contributed by atoms with Gasteiger partial charge in [-0.1, -0.05) is 24.3 Å². The zero-order valence-electron chi connectivity index (χ0n) is 13.9. The van der Waals surface area contributed by atoms with Gasteiger partial charge in [-0.2, -0.15) is 0 Å². The molecule has 0 aliphatic heterocycles. The molecule has 0 saturated carbocycles. The van der Waals surface area contributed by atoms with Crippen LogP contribution in [0.4, 0.5) is 16.2 Å². The number of nitrogens with one attached hydrogen (secondary N) is 2. The molecule has 0 bridgehead atoms. The Bertz CT molecular complexity index is 713. The third kappa shape index (κ3) is 4.49. The summed E-state index contributed by atoms with van der Waals surface area (Å²) in [4.78, 5) is 25.2. The highest BCUT2D eigenvalue weighted by Gasteiger charge is 2.10. The van der Waals surface area contributed by atoms with Crippen molar-refractivity contribution in [3.05, 3.63) is 59.7 Å². The van der Waals surface area contributed by atoms with Crippen LogP contribution in [-0.2, 0) is 6.54 Å². The van der Waals surface area contributed by atoms with E-state index in [1.165, 1.54) is 0 Å². The zero-order valence-corrected chi connectivity index (χ0v) is 13.9. The molecule has 2 aromatic carbocycles. The number of para-hydroxylation sites is 2. The normalized spacial score (nSPS) is 10.1. The van der Waals surface area contributed by atoms with E-state index in [1.54, 1.807) is 24.3 Å². The Hall–Kier alpha value is -3.02. The van der Waals surface area contributed by atoms with Gasteiger partial charge in [0.2, 0.25) is 0 Å². The molecule has 0 saturated heterocycles. The topological polar surface area (TPSA) is 87.5 Å². The first-order valence-corrected chi connectivity index (χ1v) is 7.75. The van der Waals surface area contributed by atoms with E-state index in [9.17, 15) is 9.59 Å². The summed E-state index contributed by atoms with van der Waals surface area (Å²) in [6.45, 7) is 3.23. The Morgan fingerprint density at radius 1 is 1.08 bits per heavy atom. The van der Waals surface area contributed by atoms with E-state index in [1.807, 2.05) is 31.3 Å². The van der Waals surface area contributed by atoms with Crippen molar-refractivity contribution in [2.45, 2.75) is 13.5 Å². The van der Waals surface area contributed by atoms with Crippen LogP contribution in [0.25, 0.3) is 0 Å². The predicted octanol–water partition coefficient (Wildman–Crippen LogP) is 2.56. The number of rotatable bonds is 6. The van der Waals surface area contributed by atoms with E-state index < -0.39 is 6.03 Å². The second-order valence-electron chi connectivity index (χ2n) is 5.40. The van der Waals surface area contributed by atoms with Crippen LogP contribution >= 0.6 is 0 Å². The maximum atomic E-state index is 12.4. The number of benzene rings is 2. The molecule has 126 valence electrons. The minimum atomic E-state index is -0.575. The number of carbonyl (C=O) groups is 2. The van der Waals surface area contributed by atoms with Crippen molar-refractivity contribution in [3.8, 4) is 0 Å². The number of primary amides is 1. The molecule has 2 rings (SSSR count).